The van der Waals surface area contributed by atoms with E-state index in [4.69, 9.17) is 22.5 Å². The predicted octanol–water partition coefficient (Wildman–Crippen LogP) is 4.33. The van der Waals surface area contributed by atoms with Crippen LogP contribution in [0.4, 0.5) is 17.1 Å². The molecule has 1 fully saturated rings. The van der Waals surface area contributed by atoms with Crippen LogP contribution in [0.3, 0.4) is 0 Å². The fourth-order valence-corrected chi connectivity index (χ4v) is 4.56. The highest BCUT2D eigenvalue weighted by Gasteiger charge is 2.39. The van der Waals surface area contributed by atoms with Gasteiger partial charge < -0.3 is 10.2 Å². The SMILES string of the molecule is CC(=O)c1ccc(NC(=O)C(Cc2ccccc2)N2CC(=O)N(c3cc(Cl)ccc3N(C=N)N=N)CC2=O)cc1. The van der Waals surface area contributed by atoms with Gasteiger partial charge in [0.25, 0.3) is 0 Å². The van der Waals surface area contributed by atoms with Crippen molar-refractivity contribution < 1.29 is 19.2 Å². The van der Waals surface area contributed by atoms with Crippen molar-refractivity contribution >= 4 is 58.5 Å². The van der Waals surface area contributed by atoms with E-state index in [9.17, 15) is 19.2 Å². The number of carbonyl (C=O) groups excluding carboxylic acids is 4. The highest BCUT2D eigenvalue weighted by Crippen LogP contribution is 2.34. The van der Waals surface area contributed by atoms with Crippen LogP contribution in [0.1, 0.15) is 22.8 Å². The van der Waals surface area contributed by atoms with E-state index in [-0.39, 0.29) is 41.7 Å². The van der Waals surface area contributed by atoms with Gasteiger partial charge in [-0.3, -0.25) is 29.5 Å². The third-order valence-corrected chi connectivity index (χ3v) is 6.67. The first kappa shape index (κ1) is 28.1. The minimum atomic E-state index is -1.01. The molecule has 1 aliphatic heterocycles. The molecule has 3 N–H and O–H groups in total. The second-order valence-corrected chi connectivity index (χ2v) is 9.47. The maximum Gasteiger partial charge on any atom is 0.247 e. The Kier molecular flexibility index (Phi) is 8.65. The molecule has 3 amide bonds. The maximum atomic E-state index is 13.5. The first-order chi connectivity index (χ1) is 19.2. The average molecular weight is 560 g/mol. The molecule has 0 radical (unpaired) electrons. The van der Waals surface area contributed by atoms with Crippen LogP contribution < -0.4 is 15.2 Å². The van der Waals surface area contributed by atoms with Crippen molar-refractivity contribution in [2.24, 2.45) is 5.22 Å². The second kappa shape index (κ2) is 12.3. The molecule has 204 valence electrons. The Bertz CT molecular complexity index is 1460. The van der Waals surface area contributed by atoms with Gasteiger partial charge in [-0.1, -0.05) is 47.2 Å². The molecule has 1 heterocycles. The number of piperazine rings is 1. The Morgan fingerprint density at radius 3 is 2.38 bits per heavy atom. The van der Waals surface area contributed by atoms with E-state index in [1.165, 1.54) is 34.9 Å². The summed E-state index contributed by atoms with van der Waals surface area (Å²) in [4.78, 5) is 54.5. The van der Waals surface area contributed by atoms with Crippen LogP contribution in [0, 0.1) is 10.9 Å². The van der Waals surface area contributed by atoms with Gasteiger partial charge in [-0.15, -0.1) is 0 Å². The lowest BCUT2D eigenvalue weighted by atomic mass is 10.0. The number of carbonyl (C=O) groups is 4. The van der Waals surface area contributed by atoms with E-state index in [1.54, 1.807) is 24.3 Å². The van der Waals surface area contributed by atoms with E-state index >= 15 is 0 Å². The zero-order valence-electron chi connectivity index (χ0n) is 21.5. The van der Waals surface area contributed by atoms with Crippen LogP contribution >= 0.6 is 11.6 Å². The fraction of sp³-hybridized carbons (Fsp3) is 0.179. The van der Waals surface area contributed by atoms with Crippen molar-refractivity contribution in [1.82, 2.24) is 4.90 Å². The minimum absolute atomic E-state index is 0.107. The fourth-order valence-electron chi connectivity index (χ4n) is 4.39. The molecule has 1 saturated heterocycles. The Balaban J connectivity index is 1.62. The summed E-state index contributed by atoms with van der Waals surface area (Å²) in [6.07, 6.45) is 0.963. The number of ketones is 1. The van der Waals surface area contributed by atoms with Crippen molar-refractivity contribution in [3.8, 4) is 0 Å². The van der Waals surface area contributed by atoms with Gasteiger partial charge >= 0.3 is 0 Å². The lowest BCUT2D eigenvalue weighted by Crippen LogP contribution is -2.60. The van der Waals surface area contributed by atoms with E-state index in [1.807, 2.05) is 30.3 Å². The molecule has 0 aromatic heterocycles. The number of Topliss-reactive ketones (excluding diaryl/α,β-unsaturated/α-hetero) is 1. The normalized spacial score (nSPS) is 13.9. The molecule has 12 heteroatoms. The first-order valence-electron chi connectivity index (χ1n) is 12.2. The number of halogens is 1. The summed E-state index contributed by atoms with van der Waals surface area (Å²) in [5, 5.41) is 14.8. The van der Waals surface area contributed by atoms with Crippen LogP contribution in [0.5, 0.6) is 0 Å². The van der Waals surface area contributed by atoms with E-state index in [0.29, 0.717) is 11.3 Å². The van der Waals surface area contributed by atoms with Gasteiger partial charge in [-0.2, -0.15) is 5.53 Å². The third-order valence-electron chi connectivity index (χ3n) is 6.44. The lowest BCUT2D eigenvalue weighted by Gasteiger charge is -2.38. The number of nitrogens with zero attached hydrogens (tertiary/aromatic N) is 4. The summed E-state index contributed by atoms with van der Waals surface area (Å²) >= 11 is 6.17. The Morgan fingerprint density at radius 2 is 1.75 bits per heavy atom. The molecule has 0 spiro atoms. The molecule has 0 aliphatic carbocycles. The lowest BCUT2D eigenvalue weighted by molar-refractivity contribution is -0.143. The van der Waals surface area contributed by atoms with Gasteiger partial charge in [0.05, 0.1) is 11.4 Å². The number of nitrogens with one attached hydrogen (secondary N) is 3. The highest BCUT2D eigenvalue weighted by molar-refractivity contribution is 6.31. The van der Waals surface area contributed by atoms with Crippen LogP contribution in [-0.2, 0) is 20.8 Å². The molecule has 0 saturated carbocycles. The molecule has 3 aromatic rings. The van der Waals surface area contributed by atoms with Crippen molar-refractivity contribution in [2.75, 3.05) is 28.3 Å². The van der Waals surface area contributed by atoms with Gasteiger partial charge in [0, 0.05) is 22.7 Å². The molecule has 1 unspecified atom stereocenters. The zero-order chi connectivity index (χ0) is 28.8. The summed E-state index contributed by atoms with van der Waals surface area (Å²) in [5.41, 5.74) is 9.51. The molecule has 4 rings (SSSR count). The molecule has 0 bridgehead atoms. The van der Waals surface area contributed by atoms with Crippen molar-refractivity contribution in [1.29, 1.82) is 10.9 Å². The van der Waals surface area contributed by atoms with Crippen LogP contribution in [-0.4, -0.2) is 53.9 Å². The Labute approximate surface area is 235 Å². The monoisotopic (exact) mass is 559 g/mol. The summed E-state index contributed by atoms with van der Waals surface area (Å²) in [7, 11) is 0. The topological polar surface area (TPSA) is 150 Å². The quantitative estimate of drug-likeness (QED) is 0.111. The van der Waals surface area contributed by atoms with Crippen molar-refractivity contribution in [3.05, 3.63) is 88.9 Å². The average Bonchev–Trinajstić information content (AvgIpc) is 2.95. The number of hydrogen-bond acceptors (Lipinski definition) is 7. The third kappa shape index (κ3) is 6.21. The minimum Gasteiger partial charge on any atom is -0.324 e. The smallest absolute Gasteiger partial charge is 0.247 e. The summed E-state index contributed by atoms with van der Waals surface area (Å²) in [6.45, 7) is 0.673. The zero-order valence-corrected chi connectivity index (χ0v) is 22.3. The van der Waals surface area contributed by atoms with Crippen LogP contribution in [0.25, 0.3) is 0 Å². The predicted molar refractivity (Wildman–Crippen MR) is 151 cm³/mol. The Hall–Kier alpha value is -4.90. The standard InChI is InChI=1S/C28H26ClN7O4/c1-18(37)20-7-10-22(11-8-20)32-28(40)25(13-19-5-3-2-4-6-19)35-16-26(38)34(15-27(35)39)24-14-21(29)9-12-23(24)36(17-30)33-31/h2-12,14,17,25,30-31H,13,15-16H2,1H3,(H,32,40). The molecule has 3 aromatic carbocycles. The number of hydrogen-bond donors (Lipinski definition) is 3. The van der Waals surface area contributed by atoms with E-state index < -0.39 is 23.8 Å². The largest absolute Gasteiger partial charge is 0.324 e. The number of benzene rings is 3. The number of amides is 3. The highest BCUT2D eigenvalue weighted by atomic mass is 35.5. The van der Waals surface area contributed by atoms with E-state index in [2.05, 4.69) is 10.5 Å². The molecule has 11 nitrogen and oxygen atoms in total. The van der Waals surface area contributed by atoms with Crippen molar-refractivity contribution in [3.63, 3.8) is 0 Å². The summed E-state index contributed by atoms with van der Waals surface area (Å²) < 4.78 is 0. The van der Waals surface area contributed by atoms with Gasteiger partial charge in [0.1, 0.15) is 25.5 Å². The Morgan fingerprint density at radius 1 is 1.05 bits per heavy atom. The van der Waals surface area contributed by atoms with Crippen LogP contribution in [0.2, 0.25) is 5.02 Å². The van der Waals surface area contributed by atoms with E-state index in [0.717, 1.165) is 16.9 Å². The molecule has 1 atom stereocenters. The molecular formula is C28H26ClN7O4. The van der Waals surface area contributed by atoms with Crippen LogP contribution in [0.15, 0.2) is 78.0 Å². The second-order valence-electron chi connectivity index (χ2n) is 9.04. The van der Waals surface area contributed by atoms with Gasteiger partial charge in [-0.25, -0.2) is 5.01 Å². The van der Waals surface area contributed by atoms with Crippen molar-refractivity contribution in [2.45, 2.75) is 19.4 Å². The number of rotatable bonds is 10. The van der Waals surface area contributed by atoms with Gasteiger partial charge in [0.2, 0.25) is 17.7 Å². The molecular weight excluding hydrogens is 534 g/mol. The first-order valence-corrected chi connectivity index (χ1v) is 12.6. The molecule has 1 aliphatic rings. The number of anilines is 3. The summed E-state index contributed by atoms with van der Waals surface area (Å²) in [5.74, 6) is -1.54. The van der Waals surface area contributed by atoms with Gasteiger partial charge in [0.15, 0.2) is 5.78 Å². The molecule has 40 heavy (non-hydrogen) atoms. The van der Waals surface area contributed by atoms with Gasteiger partial charge in [-0.05, 0) is 55.0 Å². The summed E-state index contributed by atoms with van der Waals surface area (Å²) in [6, 6.07) is 19.0. The maximum absolute atomic E-state index is 13.5.